The lowest BCUT2D eigenvalue weighted by Crippen LogP contribution is -2.20. The molecule has 2 aromatic carbocycles. The Balaban J connectivity index is 1.65. The van der Waals surface area contributed by atoms with E-state index < -0.39 is 0 Å². The molecule has 0 radical (unpaired) electrons. The highest BCUT2D eigenvalue weighted by atomic mass is 16.5. The van der Waals surface area contributed by atoms with E-state index in [4.69, 9.17) is 14.2 Å². The molecular weight excluding hydrogens is 332 g/mol. The highest BCUT2D eigenvalue weighted by molar-refractivity contribution is 5.88. The lowest BCUT2D eigenvalue weighted by atomic mass is 10.1. The third-order valence-electron chi connectivity index (χ3n) is 4.47. The predicted molar refractivity (Wildman–Crippen MR) is 99.1 cm³/mol. The molecule has 2 aromatic rings. The highest BCUT2D eigenvalue weighted by Gasteiger charge is 2.43. The van der Waals surface area contributed by atoms with Crippen LogP contribution in [0.4, 0.5) is 0 Å². The van der Waals surface area contributed by atoms with Crippen LogP contribution in [0.1, 0.15) is 23.5 Å². The van der Waals surface area contributed by atoms with Crippen molar-refractivity contribution in [3.8, 4) is 17.2 Å². The van der Waals surface area contributed by atoms with Gasteiger partial charge in [-0.3, -0.25) is 4.79 Å². The Morgan fingerprint density at radius 3 is 2.35 bits per heavy atom. The first kappa shape index (κ1) is 17.8. The Morgan fingerprint density at radius 2 is 1.69 bits per heavy atom. The van der Waals surface area contributed by atoms with Gasteiger partial charge < -0.3 is 14.2 Å². The van der Waals surface area contributed by atoms with Gasteiger partial charge >= 0.3 is 0 Å². The Bertz CT molecular complexity index is 805. The van der Waals surface area contributed by atoms with Crippen LogP contribution < -0.4 is 19.6 Å². The Labute approximate surface area is 152 Å². The minimum absolute atomic E-state index is 0.0261. The highest BCUT2D eigenvalue weighted by Crippen LogP contribution is 2.47. The summed E-state index contributed by atoms with van der Waals surface area (Å²) >= 11 is 0. The van der Waals surface area contributed by atoms with Gasteiger partial charge in [0.05, 0.1) is 27.5 Å². The standard InChI is InChI=1S/C20H22N2O4/c1-24-17-11-19(26-3)18(25-2)9-14(17)12-21-22-20(23)16-10-15(16)13-7-5-4-6-8-13/h4-9,11-12,15-16H,10H2,1-3H3,(H,22,23)/b21-12+. The van der Waals surface area contributed by atoms with E-state index in [1.54, 1.807) is 39.7 Å². The number of hydrazone groups is 1. The molecule has 2 atom stereocenters. The van der Waals surface area contributed by atoms with Gasteiger partial charge in [0.25, 0.3) is 0 Å². The van der Waals surface area contributed by atoms with Gasteiger partial charge in [0.2, 0.25) is 5.91 Å². The molecule has 0 heterocycles. The Morgan fingerprint density at radius 1 is 1.04 bits per heavy atom. The summed E-state index contributed by atoms with van der Waals surface area (Å²) in [6, 6.07) is 13.5. The SMILES string of the molecule is COc1cc(OC)c(OC)cc1/C=N/NC(=O)C1CC1c1ccccc1. The number of hydrogen-bond acceptors (Lipinski definition) is 5. The van der Waals surface area contributed by atoms with Crippen molar-refractivity contribution in [1.29, 1.82) is 0 Å². The first-order chi connectivity index (χ1) is 12.7. The first-order valence-corrected chi connectivity index (χ1v) is 8.35. The van der Waals surface area contributed by atoms with Crippen LogP contribution in [0.3, 0.4) is 0 Å². The molecule has 136 valence electrons. The molecule has 0 saturated heterocycles. The lowest BCUT2D eigenvalue weighted by molar-refractivity contribution is -0.122. The van der Waals surface area contributed by atoms with Crippen molar-refractivity contribution in [2.45, 2.75) is 12.3 Å². The Hall–Kier alpha value is -3.02. The van der Waals surface area contributed by atoms with Crippen molar-refractivity contribution in [3.63, 3.8) is 0 Å². The van der Waals surface area contributed by atoms with E-state index in [1.165, 1.54) is 5.56 Å². The molecule has 1 aliphatic rings. The predicted octanol–water partition coefficient (Wildman–Crippen LogP) is 2.97. The average Bonchev–Trinajstić information content (AvgIpc) is 3.49. The monoisotopic (exact) mass is 354 g/mol. The average molecular weight is 354 g/mol. The maximum Gasteiger partial charge on any atom is 0.243 e. The van der Waals surface area contributed by atoms with Gasteiger partial charge in [-0.2, -0.15) is 5.10 Å². The molecule has 6 heteroatoms. The number of rotatable bonds is 7. The van der Waals surface area contributed by atoms with Gasteiger partial charge in [-0.1, -0.05) is 30.3 Å². The van der Waals surface area contributed by atoms with E-state index in [1.807, 2.05) is 18.2 Å². The minimum atomic E-state index is -0.0745. The van der Waals surface area contributed by atoms with Gasteiger partial charge in [-0.05, 0) is 24.0 Å². The summed E-state index contributed by atoms with van der Waals surface area (Å²) in [5, 5.41) is 4.07. The summed E-state index contributed by atoms with van der Waals surface area (Å²) in [4.78, 5) is 12.3. The third kappa shape index (κ3) is 3.79. The molecule has 0 bridgehead atoms. The Kier molecular flexibility index (Phi) is 5.41. The summed E-state index contributed by atoms with van der Waals surface area (Å²) in [6.07, 6.45) is 2.39. The lowest BCUT2D eigenvalue weighted by Gasteiger charge is -2.11. The molecule has 0 spiro atoms. The van der Waals surface area contributed by atoms with Crippen LogP contribution in [0.5, 0.6) is 17.2 Å². The number of methoxy groups -OCH3 is 3. The first-order valence-electron chi connectivity index (χ1n) is 8.35. The molecule has 2 unspecified atom stereocenters. The summed E-state index contributed by atoms with van der Waals surface area (Å²) in [7, 11) is 4.68. The molecule has 0 aromatic heterocycles. The van der Waals surface area contributed by atoms with Crippen molar-refractivity contribution >= 4 is 12.1 Å². The molecule has 26 heavy (non-hydrogen) atoms. The number of ether oxygens (including phenoxy) is 3. The molecule has 0 aliphatic heterocycles. The number of amides is 1. The van der Waals surface area contributed by atoms with E-state index in [0.29, 0.717) is 22.8 Å². The van der Waals surface area contributed by atoms with Gasteiger partial charge in [-0.25, -0.2) is 5.43 Å². The number of nitrogens with one attached hydrogen (secondary N) is 1. The summed E-state index contributed by atoms with van der Waals surface area (Å²) < 4.78 is 15.9. The number of nitrogens with zero attached hydrogens (tertiary/aromatic N) is 1. The van der Waals surface area contributed by atoms with Crippen LogP contribution in [-0.2, 0) is 4.79 Å². The van der Waals surface area contributed by atoms with Crippen LogP contribution in [0.25, 0.3) is 0 Å². The van der Waals surface area contributed by atoms with Crippen molar-refractivity contribution in [1.82, 2.24) is 5.43 Å². The second kappa shape index (κ2) is 7.91. The smallest absolute Gasteiger partial charge is 0.243 e. The molecule has 1 fully saturated rings. The van der Waals surface area contributed by atoms with Gasteiger partial charge in [-0.15, -0.1) is 0 Å². The molecule has 3 rings (SSSR count). The van der Waals surface area contributed by atoms with Crippen LogP contribution in [0.15, 0.2) is 47.6 Å². The zero-order valence-electron chi connectivity index (χ0n) is 15.1. The fourth-order valence-electron chi connectivity index (χ4n) is 2.96. The molecular formula is C20H22N2O4. The van der Waals surface area contributed by atoms with Crippen LogP contribution in [0.2, 0.25) is 0 Å². The van der Waals surface area contributed by atoms with Crippen molar-refractivity contribution in [2.24, 2.45) is 11.0 Å². The maximum atomic E-state index is 12.3. The topological polar surface area (TPSA) is 69.2 Å². The second-order valence-corrected chi connectivity index (χ2v) is 6.04. The third-order valence-corrected chi connectivity index (χ3v) is 4.47. The number of carbonyl (C=O) groups excluding carboxylic acids is 1. The zero-order chi connectivity index (χ0) is 18.5. The molecule has 1 amide bonds. The molecule has 1 N–H and O–H groups in total. The van der Waals surface area contributed by atoms with Gasteiger partial charge in [0.15, 0.2) is 11.5 Å². The van der Waals surface area contributed by atoms with E-state index >= 15 is 0 Å². The van der Waals surface area contributed by atoms with Crippen LogP contribution >= 0.6 is 0 Å². The van der Waals surface area contributed by atoms with Crippen molar-refractivity contribution in [3.05, 3.63) is 53.6 Å². The van der Waals surface area contributed by atoms with Crippen LogP contribution in [0, 0.1) is 5.92 Å². The number of benzene rings is 2. The number of carbonyl (C=O) groups is 1. The number of hydrogen-bond donors (Lipinski definition) is 1. The van der Waals surface area contributed by atoms with Crippen LogP contribution in [-0.4, -0.2) is 33.5 Å². The minimum Gasteiger partial charge on any atom is -0.496 e. The quantitative estimate of drug-likeness (QED) is 0.613. The van der Waals surface area contributed by atoms with E-state index in [2.05, 4.69) is 22.7 Å². The summed E-state index contributed by atoms with van der Waals surface area (Å²) in [6.45, 7) is 0. The summed E-state index contributed by atoms with van der Waals surface area (Å²) in [5.74, 6) is 1.88. The fraction of sp³-hybridized carbons (Fsp3) is 0.300. The zero-order valence-corrected chi connectivity index (χ0v) is 15.1. The molecule has 1 aliphatic carbocycles. The van der Waals surface area contributed by atoms with E-state index in [0.717, 1.165) is 6.42 Å². The summed E-state index contributed by atoms with van der Waals surface area (Å²) in [5.41, 5.74) is 4.49. The van der Waals surface area contributed by atoms with Crippen molar-refractivity contribution in [2.75, 3.05) is 21.3 Å². The molecule has 1 saturated carbocycles. The van der Waals surface area contributed by atoms with Gasteiger partial charge in [0.1, 0.15) is 5.75 Å². The second-order valence-electron chi connectivity index (χ2n) is 6.04. The van der Waals surface area contributed by atoms with E-state index in [-0.39, 0.29) is 17.7 Å². The largest absolute Gasteiger partial charge is 0.496 e. The fourth-order valence-corrected chi connectivity index (χ4v) is 2.96. The van der Waals surface area contributed by atoms with Gasteiger partial charge in [0, 0.05) is 17.5 Å². The molecule has 6 nitrogen and oxygen atoms in total. The normalized spacial score (nSPS) is 18.4. The van der Waals surface area contributed by atoms with E-state index in [9.17, 15) is 4.79 Å². The van der Waals surface area contributed by atoms with Crippen molar-refractivity contribution < 1.29 is 19.0 Å². The maximum absolute atomic E-state index is 12.3.